The summed E-state index contributed by atoms with van der Waals surface area (Å²) >= 11 is 0. The maximum atomic E-state index is 13.9. The molecule has 2 amide bonds. The summed E-state index contributed by atoms with van der Waals surface area (Å²) in [5, 5.41) is 14.0. The van der Waals surface area contributed by atoms with Gasteiger partial charge >= 0.3 is 5.97 Å². The summed E-state index contributed by atoms with van der Waals surface area (Å²) in [5.41, 5.74) is 2.40. The molecule has 1 N–H and O–H groups in total. The van der Waals surface area contributed by atoms with E-state index >= 15 is 0 Å². The quantitative estimate of drug-likeness (QED) is 0.333. The van der Waals surface area contributed by atoms with E-state index in [1.807, 2.05) is 13.8 Å². The third-order valence-corrected chi connectivity index (χ3v) is 8.82. The number of imidazole rings is 1. The van der Waals surface area contributed by atoms with E-state index in [4.69, 9.17) is 0 Å². The van der Waals surface area contributed by atoms with Gasteiger partial charge in [0, 0.05) is 36.7 Å². The van der Waals surface area contributed by atoms with E-state index in [0.29, 0.717) is 73.3 Å². The van der Waals surface area contributed by atoms with E-state index in [9.17, 15) is 28.3 Å². The number of piperazine rings is 1. The Morgan fingerprint density at radius 3 is 2.05 bits per heavy atom. The molecule has 9 nitrogen and oxygen atoms in total. The Morgan fingerprint density at radius 1 is 0.864 bits per heavy atom. The van der Waals surface area contributed by atoms with Crippen molar-refractivity contribution in [2.45, 2.75) is 45.1 Å². The lowest BCUT2D eigenvalue weighted by Crippen LogP contribution is -2.62. The van der Waals surface area contributed by atoms with Crippen LogP contribution < -0.4 is 0 Å². The molecule has 2 aromatic carbocycles. The molecule has 0 spiro atoms. The molecule has 3 heterocycles. The number of carbonyl (C=O) groups is 3. The van der Waals surface area contributed by atoms with E-state index < -0.39 is 11.5 Å². The molecule has 1 aliphatic carbocycles. The van der Waals surface area contributed by atoms with Crippen LogP contribution in [0, 0.1) is 23.5 Å². The van der Waals surface area contributed by atoms with Gasteiger partial charge in [0.15, 0.2) is 5.65 Å². The second-order valence-electron chi connectivity index (χ2n) is 12.3. The molecule has 0 unspecified atom stereocenters. The highest BCUT2D eigenvalue weighted by molar-refractivity contribution is 5.95. The first-order valence-corrected chi connectivity index (χ1v) is 14.8. The number of aliphatic carboxylic acids is 1. The smallest absolute Gasteiger partial charge is 0.306 e. The summed E-state index contributed by atoms with van der Waals surface area (Å²) in [5.74, 6) is -2.44. The summed E-state index contributed by atoms with van der Waals surface area (Å²) in [6.45, 7) is 4.85. The first kappa shape index (κ1) is 29.4. The van der Waals surface area contributed by atoms with Crippen molar-refractivity contribution in [1.29, 1.82) is 0 Å². The Labute approximate surface area is 253 Å². The van der Waals surface area contributed by atoms with Crippen LogP contribution in [0.4, 0.5) is 8.78 Å². The van der Waals surface area contributed by atoms with Gasteiger partial charge in [-0.2, -0.15) is 5.10 Å². The summed E-state index contributed by atoms with van der Waals surface area (Å²) in [7, 11) is 0. The number of hydrogen-bond acceptors (Lipinski definition) is 5. The van der Waals surface area contributed by atoms with Gasteiger partial charge in [-0.3, -0.25) is 14.4 Å². The van der Waals surface area contributed by atoms with E-state index in [-0.39, 0.29) is 41.0 Å². The lowest BCUT2D eigenvalue weighted by atomic mass is 9.81. The van der Waals surface area contributed by atoms with Crippen molar-refractivity contribution >= 4 is 23.4 Å². The van der Waals surface area contributed by atoms with Crippen LogP contribution in [0.3, 0.4) is 0 Å². The van der Waals surface area contributed by atoms with Crippen molar-refractivity contribution in [3.05, 3.63) is 78.1 Å². The topological polar surface area (TPSA) is 108 Å². The summed E-state index contributed by atoms with van der Waals surface area (Å²) in [6.07, 6.45) is 3.67. The van der Waals surface area contributed by atoms with Crippen LogP contribution in [0.25, 0.3) is 28.0 Å². The minimum atomic E-state index is -0.803. The highest BCUT2D eigenvalue weighted by atomic mass is 19.1. The molecule has 6 rings (SSSR count). The standard InChI is InChI=1S/C33H33F2N5O4/c1-33(2)19-38(30(41)22-3-5-23(6-4-22)32(43)44)15-16-39(33)31(42)28-18-40-29(36-28)26(20-7-11-24(34)12-8-20)17-27(37-40)21-9-13-25(35)14-10-21/h7-14,17-18,22-23H,3-6,15-16,19H2,1-2H3,(H,43,44)/t22-,23+. The van der Waals surface area contributed by atoms with Crippen LogP contribution in [0.2, 0.25) is 0 Å². The fourth-order valence-electron chi connectivity index (χ4n) is 6.39. The van der Waals surface area contributed by atoms with Gasteiger partial charge in [-0.1, -0.05) is 12.1 Å². The Kier molecular flexibility index (Phi) is 7.65. The van der Waals surface area contributed by atoms with Crippen LogP contribution >= 0.6 is 0 Å². The monoisotopic (exact) mass is 601 g/mol. The zero-order valence-corrected chi connectivity index (χ0v) is 24.5. The third kappa shape index (κ3) is 5.66. The second-order valence-corrected chi connectivity index (χ2v) is 12.3. The summed E-state index contributed by atoms with van der Waals surface area (Å²) in [4.78, 5) is 46.8. The zero-order valence-electron chi connectivity index (χ0n) is 24.5. The van der Waals surface area contributed by atoms with E-state index in [2.05, 4.69) is 10.1 Å². The lowest BCUT2D eigenvalue weighted by molar-refractivity contribution is -0.147. The molecule has 11 heteroatoms. The van der Waals surface area contributed by atoms with Crippen LogP contribution in [0.1, 0.15) is 50.0 Å². The minimum absolute atomic E-state index is 0.0169. The molecule has 1 aliphatic heterocycles. The second kappa shape index (κ2) is 11.4. The third-order valence-electron chi connectivity index (χ3n) is 8.82. The molecule has 0 radical (unpaired) electrons. The van der Waals surface area contributed by atoms with Gasteiger partial charge in [0.1, 0.15) is 17.3 Å². The fourth-order valence-corrected chi connectivity index (χ4v) is 6.39. The largest absolute Gasteiger partial charge is 0.481 e. The molecular formula is C33H33F2N5O4. The maximum absolute atomic E-state index is 13.9. The number of fused-ring (bicyclic) bond motifs is 1. The van der Waals surface area contributed by atoms with E-state index in [1.165, 1.54) is 28.8 Å². The van der Waals surface area contributed by atoms with Crippen molar-refractivity contribution in [3.8, 4) is 22.4 Å². The number of aromatic nitrogens is 3. The van der Waals surface area contributed by atoms with Crippen LogP contribution in [0.5, 0.6) is 0 Å². The van der Waals surface area contributed by atoms with Crippen LogP contribution in [-0.4, -0.2) is 72.5 Å². The molecule has 4 aromatic rings. The number of rotatable bonds is 5. The number of nitrogens with zero attached hydrogens (tertiary/aromatic N) is 5. The molecule has 0 bridgehead atoms. The first-order valence-electron chi connectivity index (χ1n) is 14.8. The molecule has 2 fully saturated rings. The number of carboxylic acids is 1. The number of halogens is 2. The first-order chi connectivity index (χ1) is 21.0. The molecule has 1 saturated carbocycles. The van der Waals surface area contributed by atoms with E-state index in [0.717, 1.165) is 0 Å². The number of hydrogen-bond donors (Lipinski definition) is 1. The Balaban J connectivity index is 1.27. The van der Waals surface area contributed by atoms with Crippen LogP contribution in [0.15, 0.2) is 60.8 Å². The predicted octanol–water partition coefficient (Wildman–Crippen LogP) is 5.30. The minimum Gasteiger partial charge on any atom is -0.481 e. The van der Waals surface area contributed by atoms with Gasteiger partial charge in [0.2, 0.25) is 5.91 Å². The van der Waals surface area contributed by atoms with Gasteiger partial charge < -0.3 is 14.9 Å². The molecular weight excluding hydrogens is 568 g/mol. The average molecular weight is 602 g/mol. The van der Waals surface area contributed by atoms with Gasteiger partial charge in [-0.25, -0.2) is 18.3 Å². The van der Waals surface area contributed by atoms with E-state index in [1.54, 1.807) is 46.3 Å². The highest BCUT2D eigenvalue weighted by Crippen LogP contribution is 2.33. The Morgan fingerprint density at radius 2 is 1.45 bits per heavy atom. The predicted molar refractivity (Wildman–Crippen MR) is 159 cm³/mol. The van der Waals surface area contributed by atoms with Gasteiger partial charge in [-0.05, 0) is 87.6 Å². The van der Waals surface area contributed by atoms with Crippen molar-refractivity contribution in [3.63, 3.8) is 0 Å². The summed E-state index contributed by atoms with van der Waals surface area (Å²) in [6, 6.07) is 13.6. The molecule has 2 aliphatic rings. The number of benzene rings is 2. The SMILES string of the molecule is CC1(C)CN(C(=O)[C@H]2CC[C@@H](C(=O)O)CC2)CCN1C(=O)c1cn2nc(-c3ccc(F)cc3)cc(-c3ccc(F)cc3)c2n1. The lowest BCUT2D eigenvalue weighted by Gasteiger charge is -2.47. The molecule has 1 saturated heterocycles. The highest BCUT2D eigenvalue weighted by Gasteiger charge is 2.41. The normalized spacial score (nSPS) is 20.1. The van der Waals surface area contributed by atoms with Crippen LogP contribution in [-0.2, 0) is 9.59 Å². The van der Waals surface area contributed by atoms with Crippen molar-refractivity contribution in [2.24, 2.45) is 11.8 Å². The fraction of sp³-hybridized carbons (Fsp3) is 0.364. The maximum Gasteiger partial charge on any atom is 0.306 e. The molecule has 0 atom stereocenters. The Bertz CT molecular complexity index is 1730. The van der Waals surface area contributed by atoms with Gasteiger partial charge in [-0.15, -0.1) is 0 Å². The van der Waals surface area contributed by atoms with Crippen molar-refractivity contribution in [2.75, 3.05) is 19.6 Å². The Hall–Kier alpha value is -4.67. The number of carboxylic acid groups (broad SMARTS) is 1. The average Bonchev–Trinajstić information content (AvgIpc) is 3.45. The van der Waals surface area contributed by atoms with Gasteiger partial charge in [0.25, 0.3) is 5.91 Å². The summed E-state index contributed by atoms with van der Waals surface area (Å²) < 4.78 is 28.9. The molecule has 228 valence electrons. The van der Waals surface area contributed by atoms with Crippen molar-refractivity contribution in [1.82, 2.24) is 24.4 Å². The number of amides is 2. The van der Waals surface area contributed by atoms with Crippen molar-refractivity contribution < 1.29 is 28.3 Å². The van der Waals surface area contributed by atoms with Gasteiger partial charge in [0.05, 0.1) is 23.3 Å². The number of carbonyl (C=O) groups excluding carboxylic acids is 2. The molecule has 2 aromatic heterocycles. The zero-order chi connectivity index (χ0) is 31.2. The molecule has 44 heavy (non-hydrogen) atoms.